The van der Waals surface area contributed by atoms with Crippen LogP contribution >= 0.6 is 11.6 Å². The van der Waals surface area contributed by atoms with Gasteiger partial charge < -0.3 is 10.2 Å². The Bertz CT molecular complexity index is 492. The molecule has 2 heterocycles. The van der Waals surface area contributed by atoms with Gasteiger partial charge in [-0.2, -0.15) is 0 Å². The van der Waals surface area contributed by atoms with Crippen LogP contribution in [0.2, 0.25) is 5.02 Å². The molecule has 1 amide bonds. The zero-order valence-corrected chi connectivity index (χ0v) is 13.6. The zero-order chi connectivity index (χ0) is 15.2. The summed E-state index contributed by atoms with van der Waals surface area (Å²) < 4.78 is 0. The third kappa shape index (κ3) is 4.34. The fourth-order valence-corrected chi connectivity index (χ4v) is 2.81. The largest absolute Gasteiger partial charge is 0.369 e. The van der Waals surface area contributed by atoms with Crippen LogP contribution in [-0.4, -0.2) is 35.4 Å². The Morgan fingerprint density at radius 3 is 3.00 bits per heavy atom. The van der Waals surface area contributed by atoms with Crippen molar-refractivity contribution in [2.45, 2.75) is 39.5 Å². The molecule has 0 spiro atoms. The minimum absolute atomic E-state index is 0.0422. The van der Waals surface area contributed by atoms with Crippen LogP contribution in [0.4, 0.5) is 5.82 Å². The summed E-state index contributed by atoms with van der Waals surface area (Å²) in [6.45, 7) is 6.81. The van der Waals surface area contributed by atoms with E-state index in [0.717, 1.165) is 38.9 Å². The lowest BCUT2D eigenvalue weighted by Gasteiger charge is -2.20. The molecule has 0 aromatic carbocycles. The second-order valence-corrected chi connectivity index (χ2v) is 6.22. The van der Waals surface area contributed by atoms with E-state index < -0.39 is 0 Å². The van der Waals surface area contributed by atoms with Gasteiger partial charge in [0.15, 0.2) is 0 Å². The van der Waals surface area contributed by atoms with Gasteiger partial charge in [0.2, 0.25) is 0 Å². The summed E-state index contributed by atoms with van der Waals surface area (Å²) in [5.74, 6) is 1.39. The van der Waals surface area contributed by atoms with Crippen LogP contribution < -0.4 is 5.32 Å². The molecule has 0 bridgehead atoms. The first-order valence-electron chi connectivity index (χ1n) is 7.80. The van der Waals surface area contributed by atoms with Crippen molar-refractivity contribution in [3.05, 3.63) is 22.8 Å². The van der Waals surface area contributed by atoms with Gasteiger partial charge in [0, 0.05) is 25.8 Å². The number of pyridine rings is 1. The molecule has 1 aromatic heterocycles. The van der Waals surface area contributed by atoms with Crippen LogP contribution in [0, 0.1) is 5.92 Å². The molecular formula is C16H24ClN3O. The smallest absolute Gasteiger partial charge is 0.255 e. The van der Waals surface area contributed by atoms with Gasteiger partial charge in [0.1, 0.15) is 5.82 Å². The second-order valence-electron chi connectivity index (χ2n) is 5.81. The van der Waals surface area contributed by atoms with Gasteiger partial charge in [-0.1, -0.05) is 25.4 Å². The summed E-state index contributed by atoms with van der Waals surface area (Å²) in [5, 5.41) is 3.67. The van der Waals surface area contributed by atoms with E-state index in [4.69, 9.17) is 11.6 Å². The van der Waals surface area contributed by atoms with Crippen LogP contribution in [0.3, 0.4) is 0 Å². The molecule has 1 aliphatic rings. The first-order valence-corrected chi connectivity index (χ1v) is 8.18. The monoisotopic (exact) mass is 309 g/mol. The lowest BCUT2D eigenvalue weighted by molar-refractivity contribution is 0.0760. The van der Waals surface area contributed by atoms with E-state index in [-0.39, 0.29) is 5.91 Å². The molecule has 5 heteroatoms. The minimum Gasteiger partial charge on any atom is -0.369 e. The van der Waals surface area contributed by atoms with Crippen LogP contribution in [0.5, 0.6) is 0 Å². The maximum atomic E-state index is 12.5. The summed E-state index contributed by atoms with van der Waals surface area (Å²) in [5.41, 5.74) is 0.580. The number of halogens is 1. The first-order chi connectivity index (χ1) is 10.1. The second kappa shape index (κ2) is 7.64. The molecule has 0 aliphatic carbocycles. The van der Waals surface area contributed by atoms with Crippen LogP contribution in [0.15, 0.2) is 12.3 Å². The number of aromatic nitrogens is 1. The molecular weight excluding hydrogens is 286 g/mol. The van der Waals surface area contributed by atoms with E-state index in [1.807, 2.05) is 4.90 Å². The maximum Gasteiger partial charge on any atom is 0.255 e. The van der Waals surface area contributed by atoms with Crippen molar-refractivity contribution in [3.63, 3.8) is 0 Å². The maximum absolute atomic E-state index is 12.5. The Balaban J connectivity index is 2.06. The SMILES string of the molecule is CCCNc1ncc(C(=O)N2CCCC(C)CC2)cc1Cl. The number of carbonyl (C=O) groups is 1. The number of nitrogens with one attached hydrogen (secondary N) is 1. The van der Waals surface area contributed by atoms with Gasteiger partial charge in [0.05, 0.1) is 10.6 Å². The van der Waals surface area contributed by atoms with Gasteiger partial charge >= 0.3 is 0 Å². The Morgan fingerprint density at radius 1 is 1.48 bits per heavy atom. The van der Waals surface area contributed by atoms with E-state index in [2.05, 4.69) is 24.1 Å². The van der Waals surface area contributed by atoms with Crippen LogP contribution in [-0.2, 0) is 0 Å². The predicted octanol–water partition coefficient (Wildman–Crippen LogP) is 3.82. The number of hydrogen-bond donors (Lipinski definition) is 1. The molecule has 1 aromatic rings. The van der Waals surface area contributed by atoms with Gasteiger partial charge in [-0.25, -0.2) is 4.98 Å². The summed E-state index contributed by atoms with van der Waals surface area (Å²) >= 11 is 6.21. The molecule has 0 radical (unpaired) electrons. The van der Waals surface area contributed by atoms with Crippen molar-refractivity contribution in [2.24, 2.45) is 5.92 Å². The molecule has 1 aliphatic heterocycles. The number of carbonyl (C=O) groups excluding carboxylic acids is 1. The molecule has 2 rings (SSSR count). The van der Waals surface area contributed by atoms with Gasteiger partial charge in [-0.3, -0.25) is 4.79 Å². The molecule has 1 atom stereocenters. The van der Waals surface area contributed by atoms with E-state index in [1.54, 1.807) is 12.3 Å². The van der Waals surface area contributed by atoms with E-state index in [1.165, 1.54) is 6.42 Å². The standard InChI is InChI=1S/C16H24ClN3O/c1-3-7-18-15-14(17)10-13(11-19-15)16(21)20-8-4-5-12(2)6-9-20/h10-12H,3-9H2,1-2H3,(H,18,19). The molecule has 0 saturated carbocycles. The topological polar surface area (TPSA) is 45.2 Å². The highest BCUT2D eigenvalue weighted by Gasteiger charge is 2.20. The molecule has 116 valence electrons. The van der Waals surface area contributed by atoms with Crippen molar-refractivity contribution in [2.75, 3.05) is 25.0 Å². The molecule has 1 unspecified atom stereocenters. The molecule has 1 fully saturated rings. The average Bonchev–Trinajstić information content (AvgIpc) is 2.70. The van der Waals surface area contributed by atoms with Crippen molar-refractivity contribution in [1.29, 1.82) is 0 Å². The van der Waals surface area contributed by atoms with Crippen molar-refractivity contribution < 1.29 is 4.79 Å². The van der Waals surface area contributed by atoms with Gasteiger partial charge in [0.25, 0.3) is 5.91 Å². The zero-order valence-electron chi connectivity index (χ0n) is 12.9. The van der Waals surface area contributed by atoms with Gasteiger partial charge in [-0.05, 0) is 37.7 Å². The fraction of sp³-hybridized carbons (Fsp3) is 0.625. The summed E-state index contributed by atoms with van der Waals surface area (Å²) in [6, 6.07) is 1.73. The van der Waals surface area contributed by atoms with Crippen molar-refractivity contribution in [3.8, 4) is 0 Å². The molecule has 1 saturated heterocycles. The Kier molecular flexibility index (Phi) is 5.85. The Hall–Kier alpha value is -1.29. The quantitative estimate of drug-likeness (QED) is 0.919. The van der Waals surface area contributed by atoms with E-state index in [9.17, 15) is 4.79 Å². The Morgan fingerprint density at radius 2 is 2.29 bits per heavy atom. The summed E-state index contributed by atoms with van der Waals surface area (Å²) in [4.78, 5) is 18.7. The normalized spacial score (nSPS) is 19.2. The molecule has 1 N–H and O–H groups in total. The molecule has 4 nitrogen and oxygen atoms in total. The van der Waals surface area contributed by atoms with E-state index >= 15 is 0 Å². The fourth-order valence-electron chi connectivity index (χ4n) is 2.58. The Labute approximate surface area is 131 Å². The summed E-state index contributed by atoms with van der Waals surface area (Å²) in [7, 11) is 0. The third-order valence-electron chi connectivity index (χ3n) is 3.93. The molecule has 21 heavy (non-hydrogen) atoms. The third-order valence-corrected chi connectivity index (χ3v) is 4.22. The number of anilines is 1. The number of amides is 1. The van der Waals surface area contributed by atoms with Crippen molar-refractivity contribution >= 4 is 23.3 Å². The first kappa shape index (κ1) is 16.1. The lowest BCUT2D eigenvalue weighted by atomic mass is 10.0. The van der Waals surface area contributed by atoms with Crippen LogP contribution in [0.1, 0.15) is 49.9 Å². The number of hydrogen-bond acceptors (Lipinski definition) is 3. The number of nitrogens with zero attached hydrogens (tertiary/aromatic N) is 2. The van der Waals surface area contributed by atoms with Gasteiger partial charge in [-0.15, -0.1) is 0 Å². The lowest BCUT2D eigenvalue weighted by Crippen LogP contribution is -2.32. The number of rotatable bonds is 4. The highest BCUT2D eigenvalue weighted by molar-refractivity contribution is 6.33. The predicted molar refractivity (Wildman–Crippen MR) is 86.9 cm³/mol. The number of likely N-dealkylation sites (tertiary alicyclic amines) is 1. The van der Waals surface area contributed by atoms with E-state index in [0.29, 0.717) is 22.3 Å². The van der Waals surface area contributed by atoms with Crippen LogP contribution in [0.25, 0.3) is 0 Å². The summed E-state index contributed by atoms with van der Waals surface area (Å²) in [6.07, 6.45) is 5.97. The average molecular weight is 310 g/mol. The minimum atomic E-state index is 0.0422. The highest BCUT2D eigenvalue weighted by Crippen LogP contribution is 2.22. The van der Waals surface area contributed by atoms with Crippen molar-refractivity contribution in [1.82, 2.24) is 9.88 Å². The highest BCUT2D eigenvalue weighted by atomic mass is 35.5.